The summed E-state index contributed by atoms with van der Waals surface area (Å²) in [7, 11) is 0. The molecule has 126 valence electrons. The van der Waals surface area contributed by atoms with Crippen LogP contribution in [-0.2, 0) is 30.7 Å². The lowest BCUT2D eigenvalue weighted by Gasteiger charge is -2.15. The summed E-state index contributed by atoms with van der Waals surface area (Å²) in [6, 6.07) is 5.88. The summed E-state index contributed by atoms with van der Waals surface area (Å²) in [6.07, 6.45) is 3.35. The Hall–Kier alpha value is -2.30. The molecule has 1 N–H and O–H groups in total. The monoisotopic (exact) mass is 325 g/mol. The van der Waals surface area contributed by atoms with Gasteiger partial charge in [0.1, 0.15) is 0 Å². The summed E-state index contributed by atoms with van der Waals surface area (Å²) in [5.74, 6) is 1.42. The Morgan fingerprint density at radius 2 is 2.29 bits per heavy atom. The number of carbonyl (C=O) groups is 1. The number of hydrogen-bond donors (Lipinski definition) is 1. The topological polar surface area (TPSA) is 58.2 Å². The number of benzene rings is 1. The number of nitrogens with one attached hydrogen (secondary N) is 1. The lowest BCUT2D eigenvalue weighted by Crippen LogP contribution is -2.17. The normalized spacial score (nSPS) is 19.1. The molecule has 0 saturated carbocycles. The first-order valence-corrected chi connectivity index (χ1v) is 8.76. The zero-order chi connectivity index (χ0) is 16.7. The first kappa shape index (κ1) is 15.2. The molecule has 1 aromatic heterocycles. The Morgan fingerprint density at radius 1 is 1.42 bits per heavy atom. The van der Waals surface area contributed by atoms with E-state index in [0.29, 0.717) is 18.7 Å². The summed E-state index contributed by atoms with van der Waals surface area (Å²) < 4.78 is 5.19. The molecule has 4 rings (SSSR count). The number of fused-ring (bicyclic) bond motifs is 2. The van der Waals surface area contributed by atoms with Crippen LogP contribution in [0.4, 0.5) is 5.95 Å². The van der Waals surface area contributed by atoms with Crippen molar-refractivity contribution in [1.29, 1.82) is 0 Å². The number of H-pyrrole nitrogens is 1. The van der Waals surface area contributed by atoms with Gasteiger partial charge in [-0.05, 0) is 49.3 Å². The Bertz CT molecular complexity index is 781. The fourth-order valence-corrected chi connectivity index (χ4v) is 3.76. The van der Waals surface area contributed by atoms with Crippen LogP contribution in [0.3, 0.4) is 0 Å². The maximum absolute atomic E-state index is 12.2. The highest BCUT2D eigenvalue weighted by molar-refractivity contribution is 5.92. The van der Waals surface area contributed by atoms with Gasteiger partial charge in [-0.15, -0.1) is 0 Å². The van der Waals surface area contributed by atoms with E-state index in [0.717, 1.165) is 36.8 Å². The van der Waals surface area contributed by atoms with E-state index in [1.54, 1.807) is 0 Å². The minimum atomic E-state index is -0.233. The first-order valence-electron chi connectivity index (χ1n) is 8.76. The van der Waals surface area contributed by atoms with Crippen LogP contribution in [0, 0.1) is 5.92 Å². The van der Waals surface area contributed by atoms with Crippen molar-refractivity contribution in [1.82, 2.24) is 9.97 Å². The number of esters is 1. The van der Waals surface area contributed by atoms with Crippen LogP contribution >= 0.6 is 0 Å². The first-order chi connectivity index (χ1) is 11.7. The van der Waals surface area contributed by atoms with E-state index in [1.807, 2.05) is 19.1 Å². The number of rotatable bonds is 3. The quantitative estimate of drug-likeness (QED) is 0.880. The van der Waals surface area contributed by atoms with Crippen LogP contribution in [0.1, 0.15) is 53.1 Å². The van der Waals surface area contributed by atoms with Gasteiger partial charge in [0.25, 0.3) is 0 Å². The second-order valence-corrected chi connectivity index (χ2v) is 6.85. The third kappa shape index (κ3) is 2.58. The lowest BCUT2D eigenvalue weighted by molar-refractivity contribution is 0.0525. The second kappa shape index (κ2) is 5.96. The highest BCUT2D eigenvalue weighted by Gasteiger charge is 2.28. The zero-order valence-corrected chi connectivity index (χ0v) is 14.3. The van der Waals surface area contributed by atoms with Crippen molar-refractivity contribution in [2.24, 2.45) is 5.92 Å². The van der Waals surface area contributed by atoms with Gasteiger partial charge in [0, 0.05) is 18.8 Å². The summed E-state index contributed by atoms with van der Waals surface area (Å²) in [5.41, 5.74) is 5.43. The van der Waals surface area contributed by atoms with Gasteiger partial charge in [0.15, 0.2) is 0 Å². The van der Waals surface area contributed by atoms with Crippen LogP contribution in [0.5, 0.6) is 0 Å². The molecule has 1 aromatic carbocycles. The molecule has 5 heteroatoms. The molecular weight excluding hydrogens is 302 g/mol. The number of aryl methyl sites for hydroxylation is 1. The Labute approximate surface area is 142 Å². The van der Waals surface area contributed by atoms with Crippen LogP contribution in [0.25, 0.3) is 0 Å². The predicted octanol–water partition coefficient (Wildman–Crippen LogP) is 3.23. The maximum atomic E-state index is 12.2. The molecule has 0 saturated heterocycles. The van der Waals surface area contributed by atoms with Crippen molar-refractivity contribution in [2.75, 3.05) is 11.5 Å². The van der Waals surface area contributed by atoms with Crippen molar-refractivity contribution >= 4 is 11.9 Å². The lowest BCUT2D eigenvalue weighted by atomic mass is 9.92. The van der Waals surface area contributed by atoms with Crippen molar-refractivity contribution in [2.45, 2.75) is 46.2 Å². The van der Waals surface area contributed by atoms with Crippen molar-refractivity contribution in [3.05, 3.63) is 46.3 Å². The number of aromatic amines is 1. The predicted molar refractivity (Wildman–Crippen MR) is 92.1 cm³/mol. The Kier molecular flexibility index (Phi) is 3.79. The molecule has 0 spiro atoms. The average molecular weight is 325 g/mol. The molecule has 2 aromatic rings. The van der Waals surface area contributed by atoms with E-state index >= 15 is 0 Å². The minimum Gasteiger partial charge on any atom is -0.462 e. The third-order valence-electron chi connectivity index (χ3n) is 5.06. The summed E-state index contributed by atoms with van der Waals surface area (Å²) in [5, 5.41) is 0. The van der Waals surface area contributed by atoms with Gasteiger partial charge in [-0.2, -0.15) is 0 Å². The van der Waals surface area contributed by atoms with Gasteiger partial charge in [-0.3, -0.25) is 0 Å². The SMILES string of the molecule is CCOC(=O)c1cccc2c1CN(c1nc3c([nH]1)C[C@H](C)CC3)C2. The average Bonchev–Trinajstić information content (AvgIpc) is 3.17. The fourth-order valence-electron chi connectivity index (χ4n) is 3.76. The molecule has 0 bridgehead atoms. The molecule has 0 radical (unpaired) electrons. The van der Waals surface area contributed by atoms with E-state index in [9.17, 15) is 4.79 Å². The fraction of sp³-hybridized carbons (Fsp3) is 0.474. The second-order valence-electron chi connectivity index (χ2n) is 6.85. The Morgan fingerprint density at radius 3 is 3.12 bits per heavy atom. The number of ether oxygens (including phenoxy) is 1. The number of carbonyl (C=O) groups excluding carboxylic acids is 1. The molecule has 0 amide bonds. The van der Waals surface area contributed by atoms with Gasteiger partial charge in [0.2, 0.25) is 5.95 Å². The van der Waals surface area contributed by atoms with E-state index < -0.39 is 0 Å². The van der Waals surface area contributed by atoms with E-state index in [4.69, 9.17) is 9.72 Å². The third-order valence-corrected chi connectivity index (χ3v) is 5.06. The standard InChI is InChI=1S/C19H23N3O2/c1-3-24-18(23)14-6-4-5-13-10-22(11-15(13)14)19-20-16-8-7-12(2)9-17(16)21-19/h4-6,12H,3,7-11H2,1-2H3,(H,20,21)/t12-/m1/s1. The van der Waals surface area contributed by atoms with Gasteiger partial charge in [0.05, 0.1) is 17.9 Å². The van der Waals surface area contributed by atoms with Crippen LogP contribution < -0.4 is 4.90 Å². The Balaban J connectivity index is 1.60. The van der Waals surface area contributed by atoms with Crippen LogP contribution in [-0.4, -0.2) is 22.5 Å². The maximum Gasteiger partial charge on any atom is 0.338 e. The zero-order valence-electron chi connectivity index (χ0n) is 14.3. The minimum absolute atomic E-state index is 0.233. The molecule has 0 fully saturated rings. The number of imidazole rings is 1. The van der Waals surface area contributed by atoms with E-state index in [2.05, 4.69) is 22.9 Å². The largest absolute Gasteiger partial charge is 0.462 e. The number of anilines is 1. The van der Waals surface area contributed by atoms with Crippen LogP contribution in [0.2, 0.25) is 0 Å². The molecule has 1 aliphatic carbocycles. The van der Waals surface area contributed by atoms with Crippen molar-refractivity contribution in [3.63, 3.8) is 0 Å². The van der Waals surface area contributed by atoms with Crippen molar-refractivity contribution < 1.29 is 9.53 Å². The van der Waals surface area contributed by atoms with Crippen molar-refractivity contribution in [3.8, 4) is 0 Å². The van der Waals surface area contributed by atoms with E-state index in [1.165, 1.54) is 23.4 Å². The number of nitrogens with zero attached hydrogens (tertiary/aromatic N) is 2. The summed E-state index contributed by atoms with van der Waals surface area (Å²) in [6.45, 7) is 6.01. The molecule has 5 nitrogen and oxygen atoms in total. The van der Waals surface area contributed by atoms with Gasteiger partial charge in [-0.1, -0.05) is 19.1 Å². The van der Waals surface area contributed by atoms with E-state index in [-0.39, 0.29) is 5.97 Å². The highest BCUT2D eigenvalue weighted by atomic mass is 16.5. The molecule has 0 unspecified atom stereocenters. The smallest absolute Gasteiger partial charge is 0.338 e. The van der Waals surface area contributed by atoms with Crippen LogP contribution in [0.15, 0.2) is 18.2 Å². The van der Waals surface area contributed by atoms with Gasteiger partial charge < -0.3 is 14.6 Å². The molecule has 1 aliphatic heterocycles. The van der Waals surface area contributed by atoms with Gasteiger partial charge in [-0.25, -0.2) is 9.78 Å². The molecule has 24 heavy (non-hydrogen) atoms. The number of aromatic nitrogens is 2. The molecule has 1 atom stereocenters. The molecule has 2 aliphatic rings. The number of hydrogen-bond acceptors (Lipinski definition) is 4. The van der Waals surface area contributed by atoms with Gasteiger partial charge >= 0.3 is 5.97 Å². The summed E-state index contributed by atoms with van der Waals surface area (Å²) in [4.78, 5) is 22.7. The molecular formula is C19H23N3O2. The highest BCUT2D eigenvalue weighted by Crippen LogP contribution is 2.32. The molecule has 2 heterocycles. The summed E-state index contributed by atoms with van der Waals surface area (Å²) >= 11 is 0.